The summed E-state index contributed by atoms with van der Waals surface area (Å²) >= 11 is 1.88. The Bertz CT molecular complexity index is 2630. The summed E-state index contributed by atoms with van der Waals surface area (Å²) in [6.45, 7) is 0. The fourth-order valence-corrected chi connectivity index (χ4v) is 8.52. The van der Waals surface area contributed by atoms with E-state index in [1.165, 1.54) is 76.6 Å². The molecule has 7 aromatic carbocycles. The van der Waals surface area contributed by atoms with Gasteiger partial charge in [-0.3, -0.25) is 0 Å². The topological polar surface area (TPSA) is 21.9 Å². The first kappa shape index (κ1) is 26.5. The van der Waals surface area contributed by atoms with E-state index in [9.17, 15) is 0 Å². The van der Waals surface area contributed by atoms with Crippen molar-refractivity contribution in [3.8, 4) is 22.5 Å². The van der Waals surface area contributed by atoms with Crippen molar-refractivity contribution < 1.29 is 0 Å². The largest absolute Gasteiger partial charge is 0.368 e. The van der Waals surface area contributed by atoms with E-state index in [-0.39, 0.29) is 5.37 Å². The fourth-order valence-electron chi connectivity index (χ4n) is 7.39. The third-order valence-electron chi connectivity index (χ3n) is 9.53. The van der Waals surface area contributed by atoms with Crippen LogP contribution in [0.5, 0.6) is 0 Å². The van der Waals surface area contributed by atoms with Gasteiger partial charge >= 0.3 is 0 Å². The second-order valence-electron chi connectivity index (χ2n) is 12.2. The monoisotopic (exact) mass is 619 g/mol. The maximum Gasteiger partial charge on any atom is 0.103 e. The van der Waals surface area contributed by atoms with Gasteiger partial charge in [-0.15, -0.1) is 0 Å². The lowest BCUT2D eigenvalue weighted by molar-refractivity contribution is 1.13. The molecule has 0 aliphatic carbocycles. The third-order valence-corrected chi connectivity index (χ3v) is 10.8. The highest BCUT2D eigenvalue weighted by Crippen LogP contribution is 2.48. The standard InChI is InChI=1S/C43H29N3S/c1-3-12-28(13-4-1)43-44-37-25-30(22-23-42(37)47-43)29-14-11-17-32(24-29)46-39-21-10-8-19-34(39)36-26-40-35(27-41(36)46)33-18-7-9-20-38(33)45(40)31-15-5-2-6-16-31/h1-27,43-44H. The lowest BCUT2D eigenvalue weighted by atomic mass is 10.0. The summed E-state index contributed by atoms with van der Waals surface area (Å²) < 4.78 is 4.84. The van der Waals surface area contributed by atoms with Crippen LogP contribution in [0.2, 0.25) is 0 Å². The molecule has 1 aliphatic heterocycles. The Morgan fingerprint density at radius 1 is 0.426 bits per heavy atom. The van der Waals surface area contributed by atoms with Crippen molar-refractivity contribution in [3.63, 3.8) is 0 Å². The zero-order chi connectivity index (χ0) is 30.9. The first-order valence-electron chi connectivity index (χ1n) is 16.0. The predicted octanol–water partition coefficient (Wildman–Crippen LogP) is 11.8. The average Bonchev–Trinajstić information content (AvgIpc) is 3.81. The number of para-hydroxylation sites is 3. The first-order chi connectivity index (χ1) is 23.3. The molecule has 0 saturated carbocycles. The second-order valence-corrected chi connectivity index (χ2v) is 13.4. The van der Waals surface area contributed by atoms with Crippen LogP contribution in [0.25, 0.3) is 66.1 Å². The molecule has 222 valence electrons. The van der Waals surface area contributed by atoms with Crippen molar-refractivity contribution in [2.75, 3.05) is 5.32 Å². The third kappa shape index (κ3) is 4.15. The van der Waals surface area contributed by atoms with Gasteiger partial charge in [-0.1, -0.05) is 115 Å². The Balaban J connectivity index is 1.15. The molecule has 1 unspecified atom stereocenters. The molecule has 0 radical (unpaired) electrons. The van der Waals surface area contributed by atoms with Gasteiger partial charge in [0.25, 0.3) is 0 Å². The summed E-state index contributed by atoms with van der Waals surface area (Å²) in [5.41, 5.74) is 12.1. The normalized spacial score (nSPS) is 14.3. The van der Waals surface area contributed by atoms with Crippen LogP contribution in [0, 0.1) is 0 Å². The molecule has 0 amide bonds. The van der Waals surface area contributed by atoms with Crippen LogP contribution in [0.1, 0.15) is 10.9 Å². The van der Waals surface area contributed by atoms with E-state index in [4.69, 9.17) is 0 Å². The van der Waals surface area contributed by atoms with E-state index in [2.05, 4.69) is 178 Å². The fraction of sp³-hybridized carbons (Fsp3) is 0.0233. The average molecular weight is 620 g/mol. The number of hydrogen-bond acceptors (Lipinski definition) is 2. The maximum absolute atomic E-state index is 3.75. The van der Waals surface area contributed by atoms with E-state index in [1.807, 2.05) is 11.8 Å². The lowest BCUT2D eigenvalue weighted by Gasteiger charge is -2.12. The molecule has 1 atom stereocenters. The smallest absolute Gasteiger partial charge is 0.103 e. The van der Waals surface area contributed by atoms with E-state index >= 15 is 0 Å². The lowest BCUT2D eigenvalue weighted by Crippen LogP contribution is -2.00. The van der Waals surface area contributed by atoms with Crippen molar-refractivity contribution >= 4 is 61.1 Å². The van der Waals surface area contributed by atoms with Gasteiger partial charge in [0.15, 0.2) is 0 Å². The first-order valence-corrected chi connectivity index (χ1v) is 16.9. The highest BCUT2D eigenvalue weighted by atomic mass is 32.2. The quantitative estimate of drug-likeness (QED) is 0.212. The molecule has 10 rings (SSSR count). The van der Waals surface area contributed by atoms with Gasteiger partial charge < -0.3 is 14.5 Å². The van der Waals surface area contributed by atoms with Gasteiger partial charge in [0, 0.05) is 43.5 Å². The molecule has 0 fully saturated rings. The Morgan fingerprint density at radius 2 is 1.00 bits per heavy atom. The van der Waals surface area contributed by atoms with Crippen molar-refractivity contribution in [2.45, 2.75) is 10.3 Å². The highest BCUT2D eigenvalue weighted by Gasteiger charge is 2.23. The Kier molecular flexibility index (Phi) is 5.87. The molecule has 9 aromatic rings. The molecule has 0 spiro atoms. The molecule has 2 aromatic heterocycles. The zero-order valence-corrected chi connectivity index (χ0v) is 26.3. The van der Waals surface area contributed by atoms with Gasteiger partial charge in [-0.25, -0.2) is 0 Å². The van der Waals surface area contributed by atoms with Gasteiger partial charge in [0.2, 0.25) is 0 Å². The van der Waals surface area contributed by atoms with Gasteiger partial charge in [-0.05, 0) is 77.4 Å². The zero-order valence-electron chi connectivity index (χ0n) is 25.5. The molecule has 1 N–H and O–H groups in total. The number of hydrogen-bond donors (Lipinski definition) is 1. The summed E-state index contributed by atoms with van der Waals surface area (Å²) in [5.74, 6) is 0. The predicted molar refractivity (Wildman–Crippen MR) is 199 cm³/mol. The van der Waals surface area contributed by atoms with Crippen LogP contribution < -0.4 is 5.32 Å². The number of aromatic nitrogens is 2. The summed E-state index contributed by atoms with van der Waals surface area (Å²) in [7, 11) is 0. The van der Waals surface area contributed by atoms with E-state index in [0.29, 0.717) is 0 Å². The van der Waals surface area contributed by atoms with Crippen molar-refractivity contribution in [1.29, 1.82) is 0 Å². The molecule has 3 heterocycles. The molecule has 3 nitrogen and oxygen atoms in total. The molecule has 4 heteroatoms. The number of anilines is 1. The summed E-state index contributed by atoms with van der Waals surface area (Å²) in [5, 5.41) is 9.01. The van der Waals surface area contributed by atoms with Crippen LogP contribution in [0.15, 0.2) is 169 Å². The number of fused-ring (bicyclic) bond motifs is 7. The molecule has 0 bridgehead atoms. The summed E-state index contributed by atoms with van der Waals surface area (Å²) in [4.78, 5) is 1.29. The number of nitrogens with zero attached hydrogens (tertiary/aromatic N) is 2. The van der Waals surface area contributed by atoms with E-state index < -0.39 is 0 Å². The number of rotatable bonds is 4. The molecule has 0 saturated heterocycles. The minimum Gasteiger partial charge on any atom is -0.368 e. The number of nitrogens with one attached hydrogen (secondary N) is 1. The SMILES string of the molecule is c1ccc(C2Nc3cc(-c4cccc(-n5c6ccccc6c6cc7c(cc65)c5ccccc5n7-c5ccccc5)c4)ccc3S2)cc1. The van der Waals surface area contributed by atoms with Gasteiger partial charge in [-0.2, -0.15) is 0 Å². The van der Waals surface area contributed by atoms with Gasteiger partial charge in [0.05, 0.1) is 22.1 Å². The molecular weight excluding hydrogens is 591 g/mol. The Morgan fingerprint density at radius 3 is 1.70 bits per heavy atom. The second kappa shape index (κ2) is 10.4. The van der Waals surface area contributed by atoms with Crippen molar-refractivity contribution in [2.24, 2.45) is 0 Å². The Labute approximate surface area is 276 Å². The van der Waals surface area contributed by atoms with Crippen molar-refractivity contribution in [1.82, 2.24) is 9.13 Å². The minimum atomic E-state index is 0.232. The molecule has 1 aliphatic rings. The molecule has 47 heavy (non-hydrogen) atoms. The Hall–Kier alpha value is -5.71. The van der Waals surface area contributed by atoms with Crippen LogP contribution in [-0.2, 0) is 0 Å². The van der Waals surface area contributed by atoms with E-state index in [1.54, 1.807) is 0 Å². The maximum atomic E-state index is 3.75. The van der Waals surface area contributed by atoms with E-state index in [0.717, 1.165) is 5.69 Å². The highest BCUT2D eigenvalue weighted by molar-refractivity contribution is 8.00. The number of benzene rings is 7. The molecular formula is C43H29N3S. The summed E-state index contributed by atoms with van der Waals surface area (Å²) in [6, 6.07) is 59.5. The van der Waals surface area contributed by atoms with Crippen LogP contribution in [0.3, 0.4) is 0 Å². The number of thioether (sulfide) groups is 1. The van der Waals surface area contributed by atoms with Crippen molar-refractivity contribution in [3.05, 3.63) is 169 Å². The van der Waals surface area contributed by atoms with Gasteiger partial charge in [0.1, 0.15) is 5.37 Å². The van der Waals surface area contributed by atoms with Crippen LogP contribution in [-0.4, -0.2) is 9.13 Å². The minimum absolute atomic E-state index is 0.232. The summed E-state index contributed by atoms with van der Waals surface area (Å²) in [6.07, 6.45) is 0. The van der Waals surface area contributed by atoms with Crippen LogP contribution >= 0.6 is 11.8 Å². The van der Waals surface area contributed by atoms with Crippen LogP contribution in [0.4, 0.5) is 5.69 Å².